The predicted octanol–water partition coefficient (Wildman–Crippen LogP) is 4.51. The summed E-state index contributed by atoms with van der Waals surface area (Å²) >= 11 is 9.42. The Hall–Kier alpha value is -1.13. The second-order valence-corrected chi connectivity index (χ2v) is 5.23. The average molecular weight is 327 g/mol. The van der Waals surface area contributed by atoms with E-state index in [2.05, 4.69) is 31.2 Å². The van der Waals surface area contributed by atoms with Crippen molar-refractivity contribution in [2.45, 2.75) is 20.3 Å². The van der Waals surface area contributed by atoms with E-state index in [1.165, 1.54) is 0 Å². The molecule has 1 aromatic carbocycles. The van der Waals surface area contributed by atoms with Gasteiger partial charge in [0.2, 0.25) is 0 Å². The van der Waals surface area contributed by atoms with Gasteiger partial charge in [0.05, 0.1) is 0 Å². The van der Waals surface area contributed by atoms with E-state index in [-0.39, 0.29) is 0 Å². The van der Waals surface area contributed by atoms with Gasteiger partial charge >= 0.3 is 0 Å². The van der Waals surface area contributed by atoms with Crippen LogP contribution in [-0.4, -0.2) is 9.97 Å². The van der Waals surface area contributed by atoms with Crippen LogP contribution in [0.1, 0.15) is 18.3 Å². The Morgan fingerprint density at radius 1 is 1.28 bits per heavy atom. The molecule has 0 unspecified atom stereocenters. The predicted molar refractivity (Wildman–Crippen MR) is 78.6 cm³/mol. The van der Waals surface area contributed by atoms with Crippen molar-refractivity contribution < 1.29 is 0 Å². The molecule has 0 aliphatic carbocycles. The zero-order valence-electron chi connectivity index (χ0n) is 10.2. The summed E-state index contributed by atoms with van der Waals surface area (Å²) in [5.41, 5.74) is 2.15. The number of hydrogen-bond acceptors (Lipinski definition) is 3. The summed E-state index contributed by atoms with van der Waals surface area (Å²) in [6, 6.07) is 7.78. The van der Waals surface area contributed by atoms with Crippen LogP contribution >= 0.6 is 27.5 Å². The van der Waals surface area contributed by atoms with Crippen molar-refractivity contribution in [3.05, 3.63) is 45.3 Å². The number of rotatable bonds is 3. The lowest BCUT2D eigenvalue weighted by Gasteiger charge is -2.10. The Bertz CT molecular complexity index is 572. The maximum atomic E-state index is 5.97. The standard InChI is InChI=1S/C13H13BrClN3/c1-3-12-17-11(15)7-13(18-12)16-10-6-9(14)5-4-8(10)2/h4-7H,3H2,1-2H3,(H,16,17,18). The quantitative estimate of drug-likeness (QED) is 0.843. The summed E-state index contributed by atoms with van der Waals surface area (Å²) in [4.78, 5) is 8.54. The van der Waals surface area contributed by atoms with Crippen LogP contribution in [0.3, 0.4) is 0 Å². The first-order valence-corrected chi connectivity index (χ1v) is 6.82. The van der Waals surface area contributed by atoms with Crippen molar-refractivity contribution in [2.24, 2.45) is 0 Å². The van der Waals surface area contributed by atoms with Crippen LogP contribution in [0.15, 0.2) is 28.7 Å². The average Bonchev–Trinajstić information content (AvgIpc) is 2.33. The number of aromatic nitrogens is 2. The lowest BCUT2D eigenvalue weighted by atomic mass is 10.2. The largest absolute Gasteiger partial charge is 0.340 e. The SMILES string of the molecule is CCc1nc(Cl)cc(Nc2cc(Br)ccc2C)n1. The van der Waals surface area contributed by atoms with Gasteiger partial charge in [0, 0.05) is 22.6 Å². The van der Waals surface area contributed by atoms with Crippen LogP contribution in [0.25, 0.3) is 0 Å². The monoisotopic (exact) mass is 325 g/mol. The maximum Gasteiger partial charge on any atom is 0.135 e. The summed E-state index contributed by atoms with van der Waals surface area (Å²) in [6.07, 6.45) is 0.757. The summed E-state index contributed by atoms with van der Waals surface area (Å²) < 4.78 is 1.02. The van der Waals surface area contributed by atoms with E-state index in [1.54, 1.807) is 6.07 Å². The van der Waals surface area contributed by atoms with Gasteiger partial charge < -0.3 is 5.32 Å². The van der Waals surface area contributed by atoms with E-state index >= 15 is 0 Å². The normalized spacial score (nSPS) is 10.4. The number of halogens is 2. The molecule has 0 radical (unpaired) electrons. The Labute approximate surface area is 120 Å². The van der Waals surface area contributed by atoms with Crippen LogP contribution in [0, 0.1) is 6.92 Å². The Morgan fingerprint density at radius 2 is 2.06 bits per heavy atom. The Kier molecular flexibility index (Phi) is 4.19. The van der Waals surface area contributed by atoms with Crippen molar-refractivity contribution in [3.8, 4) is 0 Å². The van der Waals surface area contributed by atoms with Crippen molar-refractivity contribution in [2.75, 3.05) is 5.32 Å². The molecule has 0 spiro atoms. The van der Waals surface area contributed by atoms with E-state index in [4.69, 9.17) is 11.6 Å². The van der Waals surface area contributed by atoms with E-state index in [0.717, 1.165) is 28.0 Å². The van der Waals surface area contributed by atoms with Gasteiger partial charge in [-0.15, -0.1) is 0 Å². The zero-order chi connectivity index (χ0) is 13.1. The molecular weight excluding hydrogens is 314 g/mol. The lowest BCUT2D eigenvalue weighted by Crippen LogP contribution is -2.00. The van der Waals surface area contributed by atoms with E-state index in [1.807, 2.05) is 32.0 Å². The molecule has 0 saturated carbocycles. The minimum Gasteiger partial charge on any atom is -0.340 e. The number of benzene rings is 1. The highest BCUT2D eigenvalue weighted by atomic mass is 79.9. The van der Waals surface area contributed by atoms with Gasteiger partial charge in [-0.1, -0.05) is 40.5 Å². The van der Waals surface area contributed by atoms with Crippen LogP contribution in [0.5, 0.6) is 0 Å². The molecular formula is C13H13BrClN3. The Morgan fingerprint density at radius 3 is 2.78 bits per heavy atom. The summed E-state index contributed by atoms with van der Waals surface area (Å²) in [5, 5.41) is 3.72. The molecule has 2 aromatic rings. The fourth-order valence-electron chi connectivity index (χ4n) is 1.55. The molecule has 1 aromatic heterocycles. The number of hydrogen-bond donors (Lipinski definition) is 1. The van der Waals surface area contributed by atoms with Crippen LogP contribution in [0.2, 0.25) is 5.15 Å². The maximum absolute atomic E-state index is 5.97. The zero-order valence-corrected chi connectivity index (χ0v) is 12.5. The van der Waals surface area contributed by atoms with Crippen molar-refractivity contribution in [1.29, 1.82) is 0 Å². The topological polar surface area (TPSA) is 37.8 Å². The molecule has 0 aliphatic heterocycles. The Balaban J connectivity index is 2.33. The minimum atomic E-state index is 0.456. The molecule has 1 heterocycles. The fraction of sp³-hybridized carbons (Fsp3) is 0.231. The molecule has 0 bridgehead atoms. The third-order valence-electron chi connectivity index (χ3n) is 2.52. The molecule has 0 saturated heterocycles. The molecule has 0 atom stereocenters. The van der Waals surface area contributed by atoms with Crippen molar-refractivity contribution >= 4 is 39.0 Å². The summed E-state index contributed by atoms with van der Waals surface area (Å²) in [6.45, 7) is 4.04. The van der Waals surface area contributed by atoms with Gasteiger partial charge in [0.25, 0.3) is 0 Å². The molecule has 0 amide bonds. The smallest absolute Gasteiger partial charge is 0.135 e. The van der Waals surface area contributed by atoms with Crippen LogP contribution < -0.4 is 5.32 Å². The second-order valence-electron chi connectivity index (χ2n) is 3.93. The molecule has 5 heteroatoms. The highest BCUT2D eigenvalue weighted by molar-refractivity contribution is 9.10. The molecule has 1 N–H and O–H groups in total. The molecule has 0 aliphatic rings. The minimum absolute atomic E-state index is 0.456. The van der Waals surface area contributed by atoms with Gasteiger partial charge in [-0.3, -0.25) is 0 Å². The van der Waals surface area contributed by atoms with Gasteiger partial charge in [-0.2, -0.15) is 0 Å². The molecule has 3 nitrogen and oxygen atoms in total. The van der Waals surface area contributed by atoms with E-state index in [0.29, 0.717) is 11.0 Å². The van der Waals surface area contributed by atoms with E-state index in [9.17, 15) is 0 Å². The number of nitrogens with zero attached hydrogens (tertiary/aromatic N) is 2. The van der Waals surface area contributed by atoms with Gasteiger partial charge in [0.15, 0.2) is 0 Å². The fourth-order valence-corrected chi connectivity index (χ4v) is 2.12. The third-order valence-corrected chi connectivity index (χ3v) is 3.21. The second kappa shape index (κ2) is 5.67. The van der Waals surface area contributed by atoms with Gasteiger partial charge in [-0.05, 0) is 24.6 Å². The highest BCUT2D eigenvalue weighted by Gasteiger charge is 2.04. The first kappa shape index (κ1) is 13.3. The van der Waals surface area contributed by atoms with Crippen LogP contribution in [0.4, 0.5) is 11.5 Å². The van der Waals surface area contributed by atoms with Crippen LogP contribution in [-0.2, 0) is 6.42 Å². The molecule has 2 rings (SSSR count). The van der Waals surface area contributed by atoms with Gasteiger partial charge in [-0.25, -0.2) is 9.97 Å². The molecule has 18 heavy (non-hydrogen) atoms. The van der Waals surface area contributed by atoms with Gasteiger partial charge in [0.1, 0.15) is 16.8 Å². The number of aryl methyl sites for hydroxylation is 2. The molecule has 94 valence electrons. The first-order valence-electron chi connectivity index (χ1n) is 5.65. The number of nitrogens with one attached hydrogen (secondary N) is 1. The first-order chi connectivity index (χ1) is 8.58. The number of anilines is 2. The highest BCUT2D eigenvalue weighted by Crippen LogP contribution is 2.24. The lowest BCUT2D eigenvalue weighted by molar-refractivity contribution is 0.943. The van der Waals surface area contributed by atoms with E-state index < -0.39 is 0 Å². The summed E-state index contributed by atoms with van der Waals surface area (Å²) in [7, 11) is 0. The van der Waals surface area contributed by atoms with Crippen molar-refractivity contribution in [3.63, 3.8) is 0 Å². The summed E-state index contributed by atoms with van der Waals surface area (Å²) in [5.74, 6) is 1.45. The van der Waals surface area contributed by atoms with Crippen molar-refractivity contribution in [1.82, 2.24) is 9.97 Å². The molecule has 0 fully saturated rings. The third kappa shape index (κ3) is 3.21.